The van der Waals surface area contributed by atoms with Crippen LogP contribution >= 0.6 is 11.6 Å². The van der Waals surface area contributed by atoms with E-state index in [4.69, 9.17) is 16.3 Å². The number of carbonyl (C=O) groups excluding carboxylic acids is 1. The van der Waals surface area contributed by atoms with E-state index in [1.807, 2.05) is 24.3 Å². The van der Waals surface area contributed by atoms with Crippen LogP contribution in [0.2, 0.25) is 5.02 Å². The third-order valence-electron chi connectivity index (χ3n) is 5.74. The minimum absolute atomic E-state index is 0.0408. The van der Waals surface area contributed by atoms with Gasteiger partial charge in [0.15, 0.2) is 0 Å². The number of nitrogens with one attached hydrogen (secondary N) is 2. The summed E-state index contributed by atoms with van der Waals surface area (Å²) in [5, 5.41) is 2.21. The third kappa shape index (κ3) is 4.01. The van der Waals surface area contributed by atoms with Crippen LogP contribution < -0.4 is 20.9 Å². The zero-order valence-electron chi connectivity index (χ0n) is 17.4. The zero-order valence-corrected chi connectivity index (χ0v) is 18.1. The Morgan fingerprint density at radius 3 is 2.88 bits per heavy atom. The van der Waals surface area contributed by atoms with Gasteiger partial charge in [-0.2, -0.15) is 0 Å². The summed E-state index contributed by atoms with van der Waals surface area (Å²) in [7, 11) is 0. The second-order valence-corrected chi connectivity index (χ2v) is 8.21. The minimum atomic E-state index is -0.608. The van der Waals surface area contributed by atoms with E-state index >= 15 is 0 Å². The number of pyridine rings is 1. The maximum Gasteiger partial charge on any atom is 0.325 e. The largest absolute Gasteiger partial charge is 0.493 e. The zero-order chi connectivity index (χ0) is 22.9. The van der Waals surface area contributed by atoms with E-state index in [2.05, 4.69) is 15.0 Å². The minimum Gasteiger partial charge on any atom is -0.493 e. The Bertz CT molecular complexity index is 1470. The summed E-state index contributed by atoms with van der Waals surface area (Å²) >= 11 is 6.11. The molecule has 0 radical (unpaired) electrons. The molecule has 2 aromatic carbocycles. The van der Waals surface area contributed by atoms with Gasteiger partial charge in [0.25, 0.3) is 5.56 Å². The summed E-state index contributed by atoms with van der Waals surface area (Å²) in [6, 6.07) is 12.8. The van der Waals surface area contributed by atoms with E-state index in [0.717, 1.165) is 16.3 Å². The highest BCUT2D eigenvalue weighted by molar-refractivity contribution is 6.30. The van der Waals surface area contributed by atoms with Crippen LogP contribution in [-0.2, 0) is 11.3 Å². The maximum atomic E-state index is 14.0. The molecule has 1 aliphatic rings. The summed E-state index contributed by atoms with van der Waals surface area (Å²) in [5.74, 6) is -0.123. The van der Waals surface area contributed by atoms with Crippen molar-refractivity contribution in [3.8, 4) is 5.75 Å². The number of aromatic nitrogens is 3. The predicted octanol–water partition coefficient (Wildman–Crippen LogP) is 3.36. The average molecular weight is 463 g/mol. The summed E-state index contributed by atoms with van der Waals surface area (Å²) in [6.07, 6.45) is 5.14. The van der Waals surface area contributed by atoms with Gasteiger partial charge in [0.05, 0.1) is 36.5 Å². The monoisotopic (exact) mass is 462 g/mol. The molecule has 8 nitrogen and oxygen atoms in total. The number of ether oxygens (including phenoxy) is 1. The van der Waals surface area contributed by atoms with Crippen LogP contribution in [0.25, 0.3) is 10.8 Å². The van der Waals surface area contributed by atoms with E-state index in [0.29, 0.717) is 29.5 Å². The molecule has 0 bridgehead atoms. The summed E-state index contributed by atoms with van der Waals surface area (Å²) in [4.78, 5) is 48.5. The van der Waals surface area contributed by atoms with Gasteiger partial charge in [0.1, 0.15) is 5.75 Å². The lowest BCUT2D eigenvalue weighted by molar-refractivity contribution is -0.120. The number of anilines is 1. The number of amides is 1. The molecule has 1 aliphatic heterocycles. The molecule has 3 heterocycles. The molecule has 33 heavy (non-hydrogen) atoms. The van der Waals surface area contributed by atoms with Gasteiger partial charge in [0, 0.05) is 33.8 Å². The highest BCUT2D eigenvalue weighted by Crippen LogP contribution is 2.38. The van der Waals surface area contributed by atoms with Crippen molar-refractivity contribution in [2.75, 3.05) is 11.5 Å². The number of benzene rings is 2. The van der Waals surface area contributed by atoms with Crippen LogP contribution in [0, 0.1) is 0 Å². The predicted molar refractivity (Wildman–Crippen MR) is 125 cm³/mol. The van der Waals surface area contributed by atoms with Gasteiger partial charge in [0.2, 0.25) is 5.91 Å². The van der Waals surface area contributed by atoms with Crippen LogP contribution in [-0.4, -0.2) is 27.5 Å². The first kappa shape index (κ1) is 21.0. The molecule has 0 saturated heterocycles. The highest BCUT2D eigenvalue weighted by Gasteiger charge is 2.33. The molecule has 0 saturated carbocycles. The van der Waals surface area contributed by atoms with Gasteiger partial charge in [-0.05, 0) is 18.6 Å². The normalized spacial score (nSPS) is 15.0. The number of nitrogens with zero attached hydrogens (tertiary/aromatic N) is 2. The van der Waals surface area contributed by atoms with Crippen molar-refractivity contribution in [3.05, 3.63) is 98.0 Å². The van der Waals surface area contributed by atoms with Crippen LogP contribution in [0.3, 0.4) is 0 Å². The van der Waals surface area contributed by atoms with Gasteiger partial charge in [-0.15, -0.1) is 0 Å². The Morgan fingerprint density at radius 2 is 2.03 bits per heavy atom. The SMILES string of the molecule is O=C(C1CCOc2cc(Cl)ccc21)N(Cc1c[nH]c(=O)[nH]c1=O)c1cncc2ccccc12. The first-order valence-electron chi connectivity index (χ1n) is 10.4. The van der Waals surface area contributed by atoms with Crippen molar-refractivity contribution in [2.45, 2.75) is 18.9 Å². The van der Waals surface area contributed by atoms with Gasteiger partial charge in [-0.3, -0.25) is 19.6 Å². The van der Waals surface area contributed by atoms with E-state index in [9.17, 15) is 14.4 Å². The van der Waals surface area contributed by atoms with E-state index in [1.165, 1.54) is 6.20 Å². The summed E-state index contributed by atoms with van der Waals surface area (Å²) in [6.45, 7) is 0.325. The molecule has 1 unspecified atom stereocenters. The Labute approximate surface area is 192 Å². The lowest BCUT2D eigenvalue weighted by Crippen LogP contribution is -2.39. The molecule has 0 spiro atoms. The van der Waals surface area contributed by atoms with Gasteiger partial charge >= 0.3 is 5.69 Å². The topological polar surface area (TPSA) is 108 Å². The first-order valence-corrected chi connectivity index (χ1v) is 10.8. The summed E-state index contributed by atoms with van der Waals surface area (Å²) in [5.41, 5.74) is 0.404. The van der Waals surface area contributed by atoms with Crippen molar-refractivity contribution in [1.29, 1.82) is 0 Å². The van der Waals surface area contributed by atoms with Crippen LogP contribution in [0.15, 0.2) is 70.6 Å². The van der Waals surface area contributed by atoms with E-state index in [-0.39, 0.29) is 18.0 Å². The lowest BCUT2D eigenvalue weighted by Gasteiger charge is -2.31. The lowest BCUT2D eigenvalue weighted by atomic mass is 9.91. The number of rotatable bonds is 4. The Hall–Kier alpha value is -3.91. The molecule has 2 N–H and O–H groups in total. The molecular weight excluding hydrogens is 444 g/mol. The van der Waals surface area contributed by atoms with Crippen LogP contribution in [0.5, 0.6) is 5.75 Å². The Morgan fingerprint density at radius 1 is 1.18 bits per heavy atom. The van der Waals surface area contributed by atoms with Gasteiger partial charge < -0.3 is 14.6 Å². The number of H-pyrrole nitrogens is 2. The standard InChI is InChI=1S/C24H19ClN4O4/c25-16-5-6-18-19(7-8-33-21(18)9-16)23(31)29(13-15-11-27-24(32)28-22(15)30)20-12-26-10-14-3-1-2-4-17(14)20/h1-6,9-12,19H,7-8,13H2,(H2,27,28,30,32). The molecule has 4 aromatic rings. The Kier molecular flexibility index (Phi) is 5.43. The first-order chi connectivity index (χ1) is 16.0. The van der Waals surface area contributed by atoms with Crippen LogP contribution in [0.4, 0.5) is 5.69 Å². The van der Waals surface area contributed by atoms with Crippen molar-refractivity contribution in [2.24, 2.45) is 0 Å². The average Bonchev–Trinajstić information content (AvgIpc) is 2.82. The molecule has 2 aromatic heterocycles. The second-order valence-electron chi connectivity index (χ2n) is 7.77. The fourth-order valence-corrected chi connectivity index (χ4v) is 4.29. The van der Waals surface area contributed by atoms with Crippen molar-refractivity contribution in [1.82, 2.24) is 15.0 Å². The highest BCUT2D eigenvalue weighted by atomic mass is 35.5. The number of halogens is 1. The smallest absolute Gasteiger partial charge is 0.325 e. The fourth-order valence-electron chi connectivity index (χ4n) is 4.13. The van der Waals surface area contributed by atoms with E-state index in [1.54, 1.807) is 35.5 Å². The molecular formula is C24H19ClN4O4. The van der Waals surface area contributed by atoms with E-state index < -0.39 is 17.2 Å². The third-order valence-corrected chi connectivity index (χ3v) is 5.98. The van der Waals surface area contributed by atoms with Gasteiger partial charge in [-0.25, -0.2) is 4.79 Å². The van der Waals surface area contributed by atoms with Crippen molar-refractivity contribution < 1.29 is 9.53 Å². The maximum absolute atomic E-state index is 14.0. The van der Waals surface area contributed by atoms with Crippen molar-refractivity contribution >= 4 is 34.0 Å². The quantitative estimate of drug-likeness (QED) is 0.483. The second kappa shape index (κ2) is 8.55. The van der Waals surface area contributed by atoms with Gasteiger partial charge in [-0.1, -0.05) is 41.9 Å². The molecule has 0 fully saturated rings. The number of carbonyl (C=O) groups is 1. The molecule has 1 atom stereocenters. The van der Waals surface area contributed by atoms with Crippen LogP contribution in [0.1, 0.15) is 23.5 Å². The number of fused-ring (bicyclic) bond motifs is 2. The number of hydrogen-bond acceptors (Lipinski definition) is 5. The molecule has 5 rings (SSSR count). The number of hydrogen-bond donors (Lipinski definition) is 2. The molecule has 9 heteroatoms. The molecule has 166 valence electrons. The Balaban J connectivity index is 1.63. The van der Waals surface area contributed by atoms with Crippen molar-refractivity contribution in [3.63, 3.8) is 0 Å². The molecule has 1 amide bonds. The number of aromatic amines is 2. The summed E-state index contributed by atoms with van der Waals surface area (Å²) < 4.78 is 5.73. The fraction of sp³-hybridized carbons (Fsp3) is 0.167. The molecule has 0 aliphatic carbocycles.